The number of guanidine groups is 1. The molecule has 0 saturated heterocycles. The third-order valence-corrected chi connectivity index (χ3v) is 4.92. The van der Waals surface area contributed by atoms with Gasteiger partial charge in [-0.3, -0.25) is 4.99 Å². The molecule has 1 aromatic carbocycles. The number of benzene rings is 1. The van der Waals surface area contributed by atoms with E-state index in [4.69, 9.17) is 4.99 Å². The van der Waals surface area contributed by atoms with E-state index in [1.165, 1.54) is 5.56 Å². The summed E-state index contributed by atoms with van der Waals surface area (Å²) in [6.45, 7) is 7.53. The number of hydrogen-bond donors (Lipinski definition) is 1. The van der Waals surface area contributed by atoms with Gasteiger partial charge in [-0.25, -0.2) is 0 Å². The molecule has 0 aliphatic carbocycles. The SMILES string of the molecule is CCCCN=C(NCCn1cnnc1CC)N(C)Cc1ccccc1Br. The van der Waals surface area contributed by atoms with E-state index < -0.39 is 0 Å². The summed E-state index contributed by atoms with van der Waals surface area (Å²) in [6.07, 6.45) is 4.92. The fraction of sp³-hybridized carbons (Fsp3) is 0.526. The average Bonchev–Trinajstić information content (AvgIpc) is 3.10. The van der Waals surface area contributed by atoms with Gasteiger partial charge in [0, 0.05) is 44.1 Å². The van der Waals surface area contributed by atoms with E-state index in [1.54, 1.807) is 6.33 Å². The predicted octanol–water partition coefficient (Wildman–Crippen LogP) is 3.48. The highest BCUT2D eigenvalue weighted by Gasteiger charge is 2.09. The van der Waals surface area contributed by atoms with Crippen molar-refractivity contribution in [3.05, 3.63) is 46.5 Å². The van der Waals surface area contributed by atoms with Crippen LogP contribution in [0.5, 0.6) is 0 Å². The number of nitrogens with zero attached hydrogens (tertiary/aromatic N) is 5. The van der Waals surface area contributed by atoms with E-state index in [-0.39, 0.29) is 0 Å². The van der Waals surface area contributed by atoms with Crippen LogP contribution in [-0.4, -0.2) is 45.8 Å². The summed E-state index contributed by atoms with van der Waals surface area (Å²) >= 11 is 3.63. The fourth-order valence-corrected chi connectivity index (χ4v) is 3.05. The van der Waals surface area contributed by atoms with E-state index in [1.807, 2.05) is 6.07 Å². The second kappa shape index (κ2) is 11.0. The van der Waals surface area contributed by atoms with Crippen LogP contribution < -0.4 is 5.32 Å². The zero-order chi connectivity index (χ0) is 18.8. The minimum Gasteiger partial charge on any atom is -0.354 e. The zero-order valence-electron chi connectivity index (χ0n) is 16.0. The molecular formula is C19H29BrN6. The third kappa shape index (κ3) is 6.12. The van der Waals surface area contributed by atoms with Gasteiger partial charge in [-0.15, -0.1) is 10.2 Å². The van der Waals surface area contributed by atoms with E-state index in [9.17, 15) is 0 Å². The van der Waals surface area contributed by atoms with Crippen molar-refractivity contribution in [3.63, 3.8) is 0 Å². The van der Waals surface area contributed by atoms with Crippen LogP contribution in [-0.2, 0) is 19.5 Å². The Kier molecular flexibility index (Phi) is 8.61. The highest BCUT2D eigenvalue weighted by atomic mass is 79.9. The Morgan fingerprint density at radius 1 is 1.31 bits per heavy atom. The number of hydrogen-bond acceptors (Lipinski definition) is 3. The maximum absolute atomic E-state index is 4.78. The molecule has 0 amide bonds. The summed E-state index contributed by atoms with van der Waals surface area (Å²) in [5, 5.41) is 11.6. The molecule has 7 heteroatoms. The molecule has 1 N–H and O–H groups in total. The molecule has 142 valence electrons. The lowest BCUT2D eigenvalue weighted by atomic mass is 10.2. The van der Waals surface area contributed by atoms with Crippen LogP contribution in [0, 0.1) is 0 Å². The second-order valence-electron chi connectivity index (χ2n) is 6.23. The summed E-state index contributed by atoms with van der Waals surface area (Å²) < 4.78 is 3.21. The van der Waals surface area contributed by atoms with Crippen LogP contribution in [0.25, 0.3) is 0 Å². The minimum absolute atomic E-state index is 0.788. The highest BCUT2D eigenvalue weighted by molar-refractivity contribution is 9.10. The fourth-order valence-electron chi connectivity index (χ4n) is 2.64. The van der Waals surface area contributed by atoms with Crippen LogP contribution in [0.4, 0.5) is 0 Å². The van der Waals surface area contributed by atoms with Crippen LogP contribution in [0.15, 0.2) is 40.1 Å². The van der Waals surface area contributed by atoms with Crippen molar-refractivity contribution >= 4 is 21.9 Å². The summed E-state index contributed by atoms with van der Waals surface area (Å²) in [5.41, 5.74) is 1.24. The standard InChI is InChI=1S/C19H29BrN6/c1-4-6-11-21-19(22-12-13-26-15-23-24-18(26)5-2)25(3)14-16-9-7-8-10-17(16)20/h7-10,15H,4-6,11-14H2,1-3H3,(H,21,22). The lowest BCUT2D eigenvalue weighted by molar-refractivity contribution is 0.469. The Morgan fingerprint density at radius 3 is 2.85 bits per heavy atom. The summed E-state index contributed by atoms with van der Waals surface area (Å²) in [7, 11) is 2.08. The molecule has 2 aromatic rings. The first-order valence-corrected chi connectivity index (χ1v) is 10.0. The summed E-state index contributed by atoms with van der Waals surface area (Å²) in [5.74, 6) is 1.94. The van der Waals surface area contributed by atoms with Crippen molar-refractivity contribution in [3.8, 4) is 0 Å². The van der Waals surface area contributed by atoms with E-state index in [0.717, 1.165) is 61.7 Å². The van der Waals surface area contributed by atoms with Gasteiger partial charge in [0.15, 0.2) is 5.96 Å². The van der Waals surface area contributed by atoms with Gasteiger partial charge < -0.3 is 14.8 Å². The number of nitrogens with one attached hydrogen (secondary N) is 1. The first-order chi connectivity index (χ1) is 12.7. The van der Waals surface area contributed by atoms with Crippen LogP contribution in [0.3, 0.4) is 0 Å². The predicted molar refractivity (Wildman–Crippen MR) is 110 cm³/mol. The monoisotopic (exact) mass is 420 g/mol. The molecule has 0 bridgehead atoms. The molecule has 1 heterocycles. The van der Waals surface area contributed by atoms with Crippen molar-refractivity contribution in [2.24, 2.45) is 4.99 Å². The largest absolute Gasteiger partial charge is 0.354 e. The summed E-state index contributed by atoms with van der Waals surface area (Å²) in [4.78, 5) is 6.95. The summed E-state index contributed by atoms with van der Waals surface area (Å²) in [6, 6.07) is 8.30. The number of aryl methyl sites for hydroxylation is 1. The number of aliphatic imine (C=N–C) groups is 1. The topological polar surface area (TPSA) is 58.3 Å². The third-order valence-electron chi connectivity index (χ3n) is 4.15. The average molecular weight is 421 g/mol. The Bertz CT molecular complexity index is 697. The van der Waals surface area contributed by atoms with Crippen LogP contribution in [0.1, 0.15) is 38.1 Å². The normalized spacial score (nSPS) is 11.6. The molecule has 1 aromatic heterocycles. The van der Waals surface area contributed by atoms with Crippen molar-refractivity contribution in [2.75, 3.05) is 20.1 Å². The lowest BCUT2D eigenvalue weighted by Gasteiger charge is -2.23. The Hall–Kier alpha value is -1.89. The second-order valence-corrected chi connectivity index (χ2v) is 7.08. The molecule has 0 atom stereocenters. The molecular weight excluding hydrogens is 392 g/mol. The number of rotatable bonds is 9. The van der Waals surface area contributed by atoms with Crippen molar-refractivity contribution in [1.29, 1.82) is 0 Å². The molecule has 0 aliphatic rings. The van der Waals surface area contributed by atoms with Gasteiger partial charge in [0.1, 0.15) is 12.2 Å². The minimum atomic E-state index is 0.788. The molecule has 2 rings (SSSR count). The van der Waals surface area contributed by atoms with Gasteiger partial charge in [0.2, 0.25) is 0 Å². The molecule has 0 aliphatic heterocycles. The van der Waals surface area contributed by atoms with Crippen molar-refractivity contribution in [2.45, 2.75) is 46.2 Å². The first-order valence-electron chi connectivity index (χ1n) is 9.25. The molecule has 0 fully saturated rings. The lowest BCUT2D eigenvalue weighted by Crippen LogP contribution is -2.40. The molecule has 0 saturated carbocycles. The van der Waals surface area contributed by atoms with Gasteiger partial charge in [0.05, 0.1) is 0 Å². The smallest absolute Gasteiger partial charge is 0.194 e. The van der Waals surface area contributed by atoms with Crippen LogP contribution in [0.2, 0.25) is 0 Å². The molecule has 6 nitrogen and oxygen atoms in total. The number of unbranched alkanes of at least 4 members (excludes halogenated alkanes) is 1. The zero-order valence-corrected chi connectivity index (χ0v) is 17.5. The quantitative estimate of drug-likeness (QED) is 0.383. The highest BCUT2D eigenvalue weighted by Crippen LogP contribution is 2.17. The molecule has 26 heavy (non-hydrogen) atoms. The van der Waals surface area contributed by atoms with Gasteiger partial charge in [-0.05, 0) is 18.1 Å². The molecule has 0 spiro atoms. The van der Waals surface area contributed by atoms with Crippen molar-refractivity contribution < 1.29 is 0 Å². The Morgan fingerprint density at radius 2 is 2.12 bits per heavy atom. The van der Waals surface area contributed by atoms with E-state index in [2.05, 4.69) is 80.0 Å². The maximum atomic E-state index is 4.78. The van der Waals surface area contributed by atoms with Gasteiger partial charge >= 0.3 is 0 Å². The molecule has 0 unspecified atom stereocenters. The van der Waals surface area contributed by atoms with Crippen molar-refractivity contribution in [1.82, 2.24) is 25.0 Å². The number of aromatic nitrogens is 3. The number of halogens is 1. The maximum Gasteiger partial charge on any atom is 0.194 e. The van der Waals surface area contributed by atoms with Crippen LogP contribution >= 0.6 is 15.9 Å². The van der Waals surface area contributed by atoms with Gasteiger partial charge in [0.25, 0.3) is 0 Å². The van der Waals surface area contributed by atoms with Gasteiger partial charge in [-0.1, -0.05) is 54.4 Å². The Balaban J connectivity index is 1.98. The van der Waals surface area contributed by atoms with E-state index in [0.29, 0.717) is 0 Å². The van der Waals surface area contributed by atoms with E-state index >= 15 is 0 Å². The first kappa shape index (κ1) is 20.4. The Labute approximate surface area is 164 Å². The molecule has 0 radical (unpaired) electrons. The van der Waals surface area contributed by atoms with Gasteiger partial charge in [-0.2, -0.15) is 0 Å².